The first-order chi connectivity index (χ1) is 9.60. The Morgan fingerprint density at radius 2 is 2.00 bits per heavy atom. The van der Waals surface area contributed by atoms with E-state index in [1.54, 1.807) is 0 Å². The number of ether oxygens (including phenoxy) is 2. The number of carbonyl (C=O) groups excluding carboxylic acids is 2. The lowest BCUT2D eigenvalue weighted by atomic mass is 9.92. The summed E-state index contributed by atoms with van der Waals surface area (Å²) in [6.07, 6.45) is 0.313. The molecule has 0 atom stereocenters. The van der Waals surface area contributed by atoms with Gasteiger partial charge in [0.25, 0.3) is 0 Å². The fourth-order valence-electron chi connectivity index (χ4n) is 2.04. The van der Waals surface area contributed by atoms with Gasteiger partial charge in [0.15, 0.2) is 0 Å². The van der Waals surface area contributed by atoms with Gasteiger partial charge in [-0.05, 0) is 12.1 Å². The van der Waals surface area contributed by atoms with Crippen LogP contribution < -0.4 is 15.8 Å². The van der Waals surface area contributed by atoms with E-state index in [4.69, 9.17) is 15.2 Å². The van der Waals surface area contributed by atoms with E-state index in [1.165, 1.54) is 0 Å². The summed E-state index contributed by atoms with van der Waals surface area (Å²) in [5.74, 6) is 0.0961. The van der Waals surface area contributed by atoms with Crippen LogP contribution in [0.2, 0.25) is 0 Å². The van der Waals surface area contributed by atoms with Crippen LogP contribution in [0, 0.1) is 0 Å². The lowest BCUT2D eigenvalue weighted by molar-refractivity contribution is -0.138. The van der Waals surface area contributed by atoms with E-state index in [0.29, 0.717) is 13.2 Å². The summed E-state index contributed by atoms with van der Waals surface area (Å²) in [5, 5.41) is 2.80. The number of carbonyl (C=O) groups is 2. The van der Waals surface area contributed by atoms with Gasteiger partial charge in [-0.3, -0.25) is 9.59 Å². The van der Waals surface area contributed by atoms with Gasteiger partial charge in [0.05, 0.1) is 38.2 Å². The summed E-state index contributed by atoms with van der Waals surface area (Å²) in [6, 6.07) is 9.27. The van der Waals surface area contributed by atoms with E-state index in [1.807, 2.05) is 30.3 Å². The standard InChI is InChI=1S/C14H18N2O4/c15-12(17)8-14(9-19-10-14)16-13(18)6-7-20-11-4-2-1-3-5-11/h1-5H,6-10H2,(H2,15,17)(H,16,18). The van der Waals surface area contributed by atoms with Crippen LogP contribution in [0.4, 0.5) is 0 Å². The third-order valence-electron chi connectivity index (χ3n) is 3.01. The van der Waals surface area contributed by atoms with E-state index in [9.17, 15) is 9.59 Å². The molecule has 0 aromatic heterocycles. The predicted octanol–water partition coefficient (Wildman–Crippen LogP) is 0.216. The fourth-order valence-corrected chi connectivity index (χ4v) is 2.04. The molecule has 3 N–H and O–H groups in total. The second kappa shape index (κ2) is 6.38. The third kappa shape index (κ3) is 3.96. The second-order valence-electron chi connectivity index (χ2n) is 4.88. The minimum Gasteiger partial charge on any atom is -0.493 e. The first kappa shape index (κ1) is 14.3. The molecule has 1 aliphatic rings. The minimum atomic E-state index is -0.629. The summed E-state index contributed by atoms with van der Waals surface area (Å²) in [6.45, 7) is 0.922. The van der Waals surface area contributed by atoms with Crippen molar-refractivity contribution in [1.29, 1.82) is 0 Å². The van der Waals surface area contributed by atoms with Crippen LogP contribution in [0.25, 0.3) is 0 Å². The number of benzene rings is 1. The van der Waals surface area contributed by atoms with Gasteiger partial charge in [-0.15, -0.1) is 0 Å². The number of amides is 2. The molecule has 1 aromatic rings. The molecule has 6 heteroatoms. The summed E-state index contributed by atoms with van der Waals surface area (Å²) >= 11 is 0. The predicted molar refractivity (Wildman–Crippen MR) is 72.1 cm³/mol. The van der Waals surface area contributed by atoms with Crippen molar-refractivity contribution in [2.75, 3.05) is 19.8 Å². The Hall–Kier alpha value is -2.08. The molecule has 0 saturated carbocycles. The van der Waals surface area contributed by atoms with Crippen molar-refractivity contribution < 1.29 is 19.1 Å². The van der Waals surface area contributed by atoms with Crippen molar-refractivity contribution in [2.45, 2.75) is 18.4 Å². The average Bonchev–Trinajstić information content (AvgIpc) is 2.37. The van der Waals surface area contributed by atoms with Gasteiger partial charge in [0, 0.05) is 0 Å². The second-order valence-corrected chi connectivity index (χ2v) is 4.88. The Balaban J connectivity index is 1.73. The maximum absolute atomic E-state index is 11.8. The summed E-state index contributed by atoms with van der Waals surface area (Å²) < 4.78 is 10.5. The SMILES string of the molecule is NC(=O)CC1(NC(=O)CCOc2ccccc2)COC1. The molecule has 0 radical (unpaired) electrons. The molecule has 0 bridgehead atoms. The van der Waals surface area contributed by atoms with Crippen LogP contribution >= 0.6 is 0 Å². The first-order valence-corrected chi connectivity index (χ1v) is 6.45. The molecule has 20 heavy (non-hydrogen) atoms. The number of para-hydroxylation sites is 1. The van der Waals surface area contributed by atoms with Gasteiger partial charge < -0.3 is 20.5 Å². The molecule has 2 rings (SSSR count). The van der Waals surface area contributed by atoms with Gasteiger partial charge in [-0.25, -0.2) is 0 Å². The molecule has 0 aliphatic carbocycles. The maximum atomic E-state index is 11.8. The summed E-state index contributed by atoms with van der Waals surface area (Å²) in [4.78, 5) is 22.8. The molecule has 6 nitrogen and oxygen atoms in total. The van der Waals surface area contributed by atoms with E-state index < -0.39 is 11.4 Å². The third-order valence-corrected chi connectivity index (χ3v) is 3.01. The van der Waals surface area contributed by atoms with Crippen LogP contribution in [0.1, 0.15) is 12.8 Å². The molecule has 2 amide bonds. The van der Waals surface area contributed by atoms with Gasteiger partial charge in [-0.2, -0.15) is 0 Å². The number of hydrogen-bond acceptors (Lipinski definition) is 4. The average molecular weight is 278 g/mol. The minimum absolute atomic E-state index is 0.0955. The van der Waals surface area contributed by atoms with Gasteiger partial charge in [0.1, 0.15) is 5.75 Å². The monoisotopic (exact) mass is 278 g/mol. The van der Waals surface area contributed by atoms with Crippen molar-refractivity contribution in [2.24, 2.45) is 5.73 Å². The Morgan fingerprint density at radius 3 is 2.55 bits per heavy atom. The largest absolute Gasteiger partial charge is 0.493 e. The number of rotatable bonds is 7. The van der Waals surface area contributed by atoms with Crippen molar-refractivity contribution >= 4 is 11.8 Å². The Kier molecular flexibility index (Phi) is 4.57. The smallest absolute Gasteiger partial charge is 0.224 e. The Morgan fingerprint density at radius 1 is 1.30 bits per heavy atom. The van der Waals surface area contributed by atoms with Crippen molar-refractivity contribution in [1.82, 2.24) is 5.32 Å². The van der Waals surface area contributed by atoms with Gasteiger partial charge in [-0.1, -0.05) is 18.2 Å². The maximum Gasteiger partial charge on any atom is 0.224 e. The Bertz CT molecular complexity index is 471. The molecule has 1 heterocycles. The van der Waals surface area contributed by atoms with Crippen LogP contribution in [0.5, 0.6) is 5.75 Å². The zero-order valence-electron chi connectivity index (χ0n) is 11.1. The molecule has 1 saturated heterocycles. The molecule has 1 fully saturated rings. The lowest BCUT2D eigenvalue weighted by Gasteiger charge is -2.41. The van der Waals surface area contributed by atoms with Crippen LogP contribution in [0.15, 0.2) is 30.3 Å². The normalized spacial score (nSPS) is 16.0. The topological polar surface area (TPSA) is 90.7 Å². The number of primary amides is 1. The highest BCUT2D eigenvalue weighted by Gasteiger charge is 2.41. The number of nitrogens with one attached hydrogen (secondary N) is 1. The molecular weight excluding hydrogens is 260 g/mol. The molecular formula is C14H18N2O4. The Labute approximate surface area is 117 Å². The quantitative estimate of drug-likeness (QED) is 0.746. The molecule has 0 spiro atoms. The highest BCUT2D eigenvalue weighted by atomic mass is 16.5. The van der Waals surface area contributed by atoms with E-state index >= 15 is 0 Å². The molecule has 1 aromatic carbocycles. The fraction of sp³-hybridized carbons (Fsp3) is 0.429. The van der Waals surface area contributed by atoms with Crippen molar-refractivity contribution in [3.63, 3.8) is 0 Å². The highest BCUT2D eigenvalue weighted by molar-refractivity contribution is 5.80. The van der Waals surface area contributed by atoms with Crippen molar-refractivity contribution in [3.05, 3.63) is 30.3 Å². The van der Waals surface area contributed by atoms with E-state index in [2.05, 4.69) is 5.32 Å². The van der Waals surface area contributed by atoms with E-state index in [0.717, 1.165) is 5.75 Å². The van der Waals surface area contributed by atoms with Crippen molar-refractivity contribution in [3.8, 4) is 5.75 Å². The first-order valence-electron chi connectivity index (χ1n) is 6.45. The summed E-state index contributed by atoms with van der Waals surface area (Å²) in [7, 11) is 0. The van der Waals surface area contributed by atoms with Crippen LogP contribution in [0.3, 0.4) is 0 Å². The number of hydrogen-bond donors (Lipinski definition) is 2. The summed E-state index contributed by atoms with van der Waals surface area (Å²) in [5.41, 5.74) is 4.54. The zero-order valence-corrected chi connectivity index (χ0v) is 11.1. The zero-order chi connectivity index (χ0) is 14.4. The molecule has 1 aliphatic heterocycles. The van der Waals surface area contributed by atoms with Crippen LogP contribution in [-0.4, -0.2) is 37.2 Å². The highest BCUT2D eigenvalue weighted by Crippen LogP contribution is 2.21. The van der Waals surface area contributed by atoms with Crippen LogP contribution in [-0.2, 0) is 14.3 Å². The molecule has 108 valence electrons. The van der Waals surface area contributed by atoms with Gasteiger partial charge in [0.2, 0.25) is 11.8 Å². The lowest BCUT2D eigenvalue weighted by Crippen LogP contribution is -2.63. The number of nitrogens with two attached hydrogens (primary N) is 1. The van der Waals surface area contributed by atoms with Gasteiger partial charge >= 0.3 is 0 Å². The van der Waals surface area contributed by atoms with E-state index in [-0.39, 0.29) is 25.4 Å². The molecule has 0 unspecified atom stereocenters.